The van der Waals surface area contributed by atoms with Gasteiger partial charge in [-0.3, -0.25) is 9.59 Å². The molecule has 1 aliphatic heterocycles. The molecule has 2 aromatic rings. The Morgan fingerprint density at radius 2 is 2.09 bits per heavy atom. The summed E-state index contributed by atoms with van der Waals surface area (Å²) in [6.07, 6.45) is 3.37. The zero-order chi connectivity index (χ0) is 16.4. The molecule has 5 nitrogen and oxygen atoms in total. The molecule has 120 valence electrons. The molecule has 5 heteroatoms. The van der Waals surface area contributed by atoms with E-state index in [1.807, 2.05) is 36.9 Å². The Morgan fingerprint density at radius 1 is 1.26 bits per heavy atom. The number of rotatable bonds is 3. The molecule has 0 fully saturated rings. The Hall–Kier alpha value is -2.56. The summed E-state index contributed by atoms with van der Waals surface area (Å²) in [6, 6.07) is 9.00. The highest BCUT2D eigenvalue weighted by molar-refractivity contribution is 6.03. The molecule has 0 unspecified atom stereocenters. The van der Waals surface area contributed by atoms with E-state index < -0.39 is 0 Å². The van der Waals surface area contributed by atoms with Crippen LogP contribution in [0.15, 0.2) is 41.0 Å². The summed E-state index contributed by atoms with van der Waals surface area (Å²) in [5, 5.41) is 2.81. The lowest BCUT2D eigenvalue weighted by Gasteiger charge is -2.31. The highest BCUT2D eigenvalue weighted by Crippen LogP contribution is 2.31. The number of hydrogen-bond donors (Lipinski definition) is 1. The summed E-state index contributed by atoms with van der Waals surface area (Å²) in [5.41, 5.74) is 2.70. The third-order valence-corrected chi connectivity index (χ3v) is 3.97. The van der Waals surface area contributed by atoms with E-state index in [9.17, 15) is 9.59 Å². The molecule has 1 aliphatic rings. The molecule has 2 heterocycles. The molecule has 1 aromatic heterocycles. The van der Waals surface area contributed by atoms with Gasteiger partial charge < -0.3 is 14.6 Å². The van der Waals surface area contributed by atoms with Gasteiger partial charge in [0.15, 0.2) is 5.76 Å². The van der Waals surface area contributed by atoms with Crippen molar-refractivity contribution in [2.24, 2.45) is 5.92 Å². The highest BCUT2D eigenvalue weighted by atomic mass is 16.3. The zero-order valence-electron chi connectivity index (χ0n) is 13.3. The zero-order valence-corrected chi connectivity index (χ0v) is 13.3. The first-order valence-corrected chi connectivity index (χ1v) is 7.85. The van der Waals surface area contributed by atoms with Gasteiger partial charge in [-0.1, -0.05) is 19.9 Å². The van der Waals surface area contributed by atoms with Crippen LogP contribution in [0.3, 0.4) is 0 Å². The number of amides is 2. The van der Waals surface area contributed by atoms with Crippen molar-refractivity contribution in [3.8, 4) is 0 Å². The van der Waals surface area contributed by atoms with Gasteiger partial charge >= 0.3 is 0 Å². The molecule has 0 aliphatic carbocycles. The van der Waals surface area contributed by atoms with Gasteiger partial charge in [-0.05, 0) is 42.7 Å². The Bertz CT molecular complexity index is 720. The maximum Gasteiger partial charge on any atom is 0.291 e. The van der Waals surface area contributed by atoms with Gasteiger partial charge in [-0.15, -0.1) is 0 Å². The van der Waals surface area contributed by atoms with E-state index >= 15 is 0 Å². The van der Waals surface area contributed by atoms with Crippen LogP contribution >= 0.6 is 0 Å². The smallest absolute Gasteiger partial charge is 0.291 e. The average Bonchev–Trinajstić information content (AvgIpc) is 3.08. The van der Waals surface area contributed by atoms with Crippen molar-refractivity contribution in [3.63, 3.8) is 0 Å². The molecule has 1 N–H and O–H groups in total. The molecular formula is C18H20N2O3. The molecule has 0 bridgehead atoms. The molecular weight excluding hydrogens is 292 g/mol. The number of fused-ring (bicyclic) bond motifs is 1. The number of carbonyl (C=O) groups is 2. The first-order valence-electron chi connectivity index (χ1n) is 7.85. The Morgan fingerprint density at radius 3 is 2.78 bits per heavy atom. The third kappa shape index (κ3) is 3.13. The van der Waals surface area contributed by atoms with E-state index in [2.05, 4.69) is 5.32 Å². The van der Waals surface area contributed by atoms with Crippen molar-refractivity contribution in [1.82, 2.24) is 0 Å². The van der Waals surface area contributed by atoms with Crippen molar-refractivity contribution >= 4 is 23.2 Å². The minimum absolute atomic E-state index is 0.0534. The number of carbonyl (C=O) groups excluding carboxylic acids is 2. The van der Waals surface area contributed by atoms with Crippen molar-refractivity contribution in [2.75, 3.05) is 16.8 Å². The molecule has 1 aromatic carbocycles. The normalized spacial score (nSPS) is 13.8. The SMILES string of the molecule is CC(C)C(=O)N1CCCc2ccc(NC(=O)c3ccco3)cc21. The predicted molar refractivity (Wildman–Crippen MR) is 88.6 cm³/mol. The molecule has 0 spiro atoms. The van der Waals surface area contributed by atoms with Gasteiger partial charge in [0.2, 0.25) is 5.91 Å². The molecule has 23 heavy (non-hydrogen) atoms. The Kier molecular flexibility index (Phi) is 4.19. The van der Waals surface area contributed by atoms with Crippen LogP contribution < -0.4 is 10.2 Å². The van der Waals surface area contributed by atoms with Crippen LogP contribution in [0.4, 0.5) is 11.4 Å². The summed E-state index contributed by atoms with van der Waals surface area (Å²) in [5.74, 6) is 0.0214. The van der Waals surface area contributed by atoms with Crippen LogP contribution in [0.1, 0.15) is 36.4 Å². The maximum atomic E-state index is 12.4. The monoisotopic (exact) mass is 312 g/mol. The quantitative estimate of drug-likeness (QED) is 0.944. The van der Waals surface area contributed by atoms with Crippen LogP contribution in [-0.2, 0) is 11.2 Å². The van der Waals surface area contributed by atoms with Crippen molar-refractivity contribution in [1.29, 1.82) is 0 Å². The van der Waals surface area contributed by atoms with Gasteiger partial charge in [0.25, 0.3) is 5.91 Å². The van der Waals surface area contributed by atoms with Crippen LogP contribution in [0, 0.1) is 5.92 Å². The minimum atomic E-state index is -0.299. The number of benzene rings is 1. The van der Waals surface area contributed by atoms with E-state index in [0.717, 1.165) is 30.6 Å². The number of hydrogen-bond acceptors (Lipinski definition) is 3. The number of aryl methyl sites for hydroxylation is 1. The minimum Gasteiger partial charge on any atom is -0.459 e. The summed E-state index contributed by atoms with van der Waals surface area (Å²) >= 11 is 0. The number of nitrogens with zero attached hydrogens (tertiary/aromatic N) is 1. The summed E-state index contributed by atoms with van der Waals surface area (Å²) < 4.78 is 5.09. The second kappa shape index (κ2) is 6.28. The molecule has 0 radical (unpaired) electrons. The van der Waals surface area contributed by atoms with Gasteiger partial charge in [0.1, 0.15) is 0 Å². The molecule has 3 rings (SSSR count). The average molecular weight is 312 g/mol. The fourth-order valence-electron chi connectivity index (χ4n) is 2.79. The fraction of sp³-hybridized carbons (Fsp3) is 0.333. The molecule has 0 atom stereocenters. The van der Waals surface area contributed by atoms with E-state index in [1.54, 1.807) is 12.1 Å². The lowest BCUT2D eigenvalue weighted by molar-refractivity contribution is -0.121. The molecule has 0 saturated carbocycles. The van der Waals surface area contributed by atoms with E-state index in [-0.39, 0.29) is 23.5 Å². The van der Waals surface area contributed by atoms with Gasteiger partial charge in [-0.2, -0.15) is 0 Å². The molecule has 0 saturated heterocycles. The van der Waals surface area contributed by atoms with Crippen LogP contribution in [0.25, 0.3) is 0 Å². The van der Waals surface area contributed by atoms with E-state index in [0.29, 0.717) is 5.69 Å². The lowest BCUT2D eigenvalue weighted by Crippen LogP contribution is -2.38. The number of furan rings is 1. The topological polar surface area (TPSA) is 62.6 Å². The Balaban J connectivity index is 1.86. The van der Waals surface area contributed by atoms with Crippen molar-refractivity contribution in [3.05, 3.63) is 47.9 Å². The highest BCUT2D eigenvalue weighted by Gasteiger charge is 2.24. The maximum absolute atomic E-state index is 12.4. The third-order valence-electron chi connectivity index (χ3n) is 3.97. The van der Waals surface area contributed by atoms with Crippen LogP contribution in [0.2, 0.25) is 0 Å². The molecule has 2 amide bonds. The summed E-state index contributed by atoms with van der Waals surface area (Å²) in [4.78, 5) is 26.3. The summed E-state index contributed by atoms with van der Waals surface area (Å²) in [7, 11) is 0. The van der Waals surface area contributed by atoms with Crippen molar-refractivity contribution in [2.45, 2.75) is 26.7 Å². The van der Waals surface area contributed by atoms with Crippen LogP contribution in [-0.4, -0.2) is 18.4 Å². The fourth-order valence-corrected chi connectivity index (χ4v) is 2.79. The van der Waals surface area contributed by atoms with Crippen LogP contribution in [0.5, 0.6) is 0 Å². The first-order chi connectivity index (χ1) is 11.1. The van der Waals surface area contributed by atoms with E-state index in [4.69, 9.17) is 4.42 Å². The van der Waals surface area contributed by atoms with E-state index in [1.165, 1.54) is 6.26 Å². The van der Waals surface area contributed by atoms with Gasteiger partial charge in [0.05, 0.1) is 6.26 Å². The second-order valence-electron chi connectivity index (χ2n) is 6.02. The predicted octanol–water partition coefficient (Wildman–Crippen LogP) is 3.47. The van der Waals surface area contributed by atoms with Crippen molar-refractivity contribution < 1.29 is 14.0 Å². The largest absolute Gasteiger partial charge is 0.459 e. The Labute approximate surface area is 135 Å². The first kappa shape index (κ1) is 15.3. The lowest BCUT2D eigenvalue weighted by atomic mass is 9.99. The van der Waals surface area contributed by atoms with Gasteiger partial charge in [0, 0.05) is 23.8 Å². The number of anilines is 2. The standard InChI is InChI=1S/C18H20N2O3/c1-12(2)18(22)20-9-3-5-13-7-8-14(11-15(13)20)19-17(21)16-6-4-10-23-16/h4,6-8,10-12H,3,5,9H2,1-2H3,(H,19,21). The van der Waals surface area contributed by atoms with Gasteiger partial charge in [-0.25, -0.2) is 0 Å². The second-order valence-corrected chi connectivity index (χ2v) is 6.02. The summed E-state index contributed by atoms with van der Waals surface area (Å²) in [6.45, 7) is 4.53. The number of nitrogens with one attached hydrogen (secondary N) is 1.